The second kappa shape index (κ2) is 5.03. The van der Waals surface area contributed by atoms with Crippen molar-refractivity contribution in [3.63, 3.8) is 0 Å². The monoisotopic (exact) mass is 278 g/mol. The van der Waals surface area contributed by atoms with Crippen molar-refractivity contribution in [2.75, 3.05) is 6.61 Å². The predicted molar refractivity (Wildman–Crippen MR) is 80.1 cm³/mol. The van der Waals surface area contributed by atoms with E-state index in [0.29, 0.717) is 12.5 Å². The van der Waals surface area contributed by atoms with Crippen LogP contribution in [-0.4, -0.2) is 12.6 Å². The third-order valence-electron chi connectivity index (χ3n) is 7.00. The molecule has 3 aliphatic carbocycles. The van der Waals surface area contributed by atoms with Crippen molar-refractivity contribution in [3.05, 3.63) is 0 Å². The number of carbonyl (C=O) groups is 1. The minimum Gasteiger partial charge on any atom is -0.466 e. The molecule has 0 aromatic heterocycles. The van der Waals surface area contributed by atoms with Crippen LogP contribution in [0.3, 0.4) is 0 Å². The number of carbonyl (C=O) groups excluding carboxylic acids is 1. The van der Waals surface area contributed by atoms with Crippen LogP contribution in [0, 0.1) is 40.9 Å². The van der Waals surface area contributed by atoms with Crippen LogP contribution >= 0.6 is 0 Å². The lowest BCUT2D eigenvalue weighted by Gasteiger charge is -2.41. The molecular weight excluding hydrogens is 248 g/mol. The second-order valence-electron chi connectivity index (χ2n) is 7.67. The number of rotatable bonds is 4. The maximum atomic E-state index is 12.5. The Bertz CT molecular complexity index is 391. The quantitative estimate of drug-likeness (QED) is 0.717. The molecule has 0 amide bonds. The zero-order valence-electron chi connectivity index (χ0n) is 13.5. The lowest BCUT2D eigenvalue weighted by Crippen LogP contribution is -2.42. The van der Waals surface area contributed by atoms with Gasteiger partial charge in [0, 0.05) is 0 Å². The average Bonchev–Trinajstić information content (AvgIpc) is 3.07. The van der Waals surface area contributed by atoms with Gasteiger partial charge in [-0.05, 0) is 68.6 Å². The van der Waals surface area contributed by atoms with E-state index >= 15 is 0 Å². The fourth-order valence-corrected chi connectivity index (χ4v) is 6.28. The van der Waals surface area contributed by atoms with Gasteiger partial charge in [0.05, 0.1) is 12.0 Å². The summed E-state index contributed by atoms with van der Waals surface area (Å²) in [7, 11) is 0. The molecule has 3 saturated carbocycles. The average molecular weight is 278 g/mol. The van der Waals surface area contributed by atoms with Crippen molar-refractivity contribution in [1.29, 1.82) is 0 Å². The van der Waals surface area contributed by atoms with E-state index in [1.54, 1.807) is 0 Å². The smallest absolute Gasteiger partial charge is 0.312 e. The normalized spacial score (nSPS) is 49.4. The SMILES string of the molecule is CCOC(=O)[C@@]1(C)C[C@@H]2C[C@@H]1C1C(CC)CC(CC)C12. The number of fused-ring (bicyclic) bond motifs is 5. The molecule has 7 atom stereocenters. The van der Waals surface area contributed by atoms with E-state index in [1.165, 1.54) is 25.7 Å². The van der Waals surface area contributed by atoms with Gasteiger partial charge in [-0.3, -0.25) is 4.79 Å². The summed E-state index contributed by atoms with van der Waals surface area (Å²) in [6.45, 7) is 9.34. The van der Waals surface area contributed by atoms with Crippen molar-refractivity contribution < 1.29 is 9.53 Å². The van der Waals surface area contributed by atoms with Crippen LogP contribution in [0.2, 0.25) is 0 Å². The van der Waals surface area contributed by atoms with E-state index in [9.17, 15) is 4.79 Å². The van der Waals surface area contributed by atoms with Gasteiger partial charge in [-0.25, -0.2) is 0 Å². The van der Waals surface area contributed by atoms with E-state index in [1.807, 2.05) is 6.92 Å². The zero-order chi connectivity index (χ0) is 14.5. The summed E-state index contributed by atoms with van der Waals surface area (Å²) in [6.07, 6.45) is 6.41. The van der Waals surface area contributed by atoms with Crippen molar-refractivity contribution in [2.45, 2.75) is 59.8 Å². The molecule has 2 heteroatoms. The summed E-state index contributed by atoms with van der Waals surface area (Å²) in [5, 5.41) is 0. The van der Waals surface area contributed by atoms with Gasteiger partial charge in [-0.15, -0.1) is 0 Å². The van der Waals surface area contributed by atoms with Gasteiger partial charge in [0.1, 0.15) is 0 Å². The highest BCUT2D eigenvalue weighted by atomic mass is 16.5. The van der Waals surface area contributed by atoms with Gasteiger partial charge in [-0.1, -0.05) is 26.7 Å². The summed E-state index contributed by atoms with van der Waals surface area (Å²) in [6, 6.07) is 0. The van der Waals surface area contributed by atoms with Crippen LogP contribution in [0.4, 0.5) is 0 Å². The first-order valence-electron chi connectivity index (χ1n) is 8.73. The molecular formula is C18H30O2. The van der Waals surface area contributed by atoms with Crippen LogP contribution in [0.1, 0.15) is 59.8 Å². The molecule has 4 unspecified atom stereocenters. The Hall–Kier alpha value is -0.530. The molecule has 0 spiro atoms. The Labute approximate surface area is 123 Å². The van der Waals surface area contributed by atoms with Gasteiger partial charge < -0.3 is 4.74 Å². The van der Waals surface area contributed by atoms with Crippen LogP contribution in [0.25, 0.3) is 0 Å². The van der Waals surface area contributed by atoms with Gasteiger partial charge in [0.2, 0.25) is 0 Å². The van der Waals surface area contributed by atoms with Gasteiger partial charge in [0.15, 0.2) is 0 Å². The standard InChI is InChI=1S/C18H30O2/c1-5-11-8-12(6-2)16-14-9-13(15(11)16)10-18(14,4)17(19)20-7-3/h11-16H,5-10H2,1-4H3/t11?,12?,13-,14+,15?,16?,18-/m0/s1. The third kappa shape index (κ3) is 1.79. The van der Waals surface area contributed by atoms with E-state index in [4.69, 9.17) is 4.74 Å². The highest BCUT2D eigenvalue weighted by molar-refractivity contribution is 5.77. The van der Waals surface area contributed by atoms with E-state index in [0.717, 1.165) is 36.0 Å². The molecule has 0 heterocycles. The summed E-state index contributed by atoms with van der Waals surface area (Å²) in [5.41, 5.74) is -0.183. The minimum atomic E-state index is -0.183. The largest absolute Gasteiger partial charge is 0.466 e. The molecule has 2 bridgehead atoms. The lowest BCUT2D eigenvalue weighted by atomic mass is 9.63. The summed E-state index contributed by atoms with van der Waals surface area (Å²) in [5.74, 6) is 4.97. The van der Waals surface area contributed by atoms with Crippen molar-refractivity contribution >= 4 is 5.97 Å². The fourth-order valence-electron chi connectivity index (χ4n) is 6.28. The molecule has 0 aromatic carbocycles. The molecule has 3 rings (SSSR count). The predicted octanol–water partition coefficient (Wildman–Crippen LogP) is 4.28. The first-order chi connectivity index (χ1) is 9.56. The Balaban J connectivity index is 1.86. The zero-order valence-corrected chi connectivity index (χ0v) is 13.5. The maximum absolute atomic E-state index is 12.5. The first kappa shape index (κ1) is 14.4. The molecule has 2 nitrogen and oxygen atoms in total. The Morgan fingerprint density at radius 2 is 1.75 bits per heavy atom. The number of ether oxygens (including phenoxy) is 1. The van der Waals surface area contributed by atoms with Gasteiger partial charge >= 0.3 is 5.97 Å². The van der Waals surface area contributed by atoms with E-state index in [2.05, 4.69) is 20.8 Å². The molecule has 0 saturated heterocycles. The number of hydrogen-bond acceptors (Lipinski definition) is 2. The van der Waals surface area contributed by atoms with Crippen LogP contribution in [0.15, 0.2) is 0 Å². The Kier molecular flexibility index (Phi) is 3.63. The maximum Gasteiger partial charge on any atom is 0.312 e. The van der Waals surface area contributed by atoms with Gasteiger partial charge in [-0.2, -0.15) is 0 Å². The van der Waals surface area contributed by atoms with Crippen molar-refractivity contribution in [2.24, 2.45) is 40.9 Å². The van der Waals surface area contributed by atoms with Gasteiger partial charge in [0.25, 0.3) is 0 Å². The first-order valence-corrected chi connectivity index (χ1v) is 8.73. The van der Waals surface area contributed by atoms with Crippen LogP contribution in [0.5, 0.6) is 0 Å². The van der Waals surface area contributed by atoms with Crippen molar-refractivity contribution in [3.8, 4) is 0 Å². The summed E-state index contributed by atoms with van der Waals surface area (Å²) in [4.78, 5) is 12.5. The van der Waals surface area contributed by atoms with Crippen molar-refractivity contribution in [1.82, 2.24) is 0 Å². The van der Waals surface area contributed by atoms with E-state index in [-0.39, 0.29) is 11.4 Å². The number of esters is 1. The summed E-state index contributed by atoms with van der Waals surface area (Å²) < 4.78 is 5.41. The molecule has 0 radical (unpaired) electrons. The topological polar surface area (TPSA) is 26.3 Å². The van der Waals surface area contributed by atoms with Crippen LogP contribution < -0.4 is 0 Å². The molecule has 0 N–H and O–H groups in total. The highest BCUT2D eigenvalue weighted by Gasteiger charge is 2.65. The minimum absolute atomic E-state index is 0.0840. The molecule has 3 fully saturated rings. The molecule has 0 aliphatic heterocycles. The fraction of sp³-hybridized carbons (Fsp3) is 0.944. The second-order valence-corrected chi connectivity index (χ2v) is 7.67. The summed E-state index contributed by atoms with van der Waals surface area (Å²) >= 11 is 0. The Morgan fingerprint density at radius 1 is 1.10 bits per heavy atom. The molecule has 114 valence electrons. The van der Waals surface area contributed by atoms with Crippen LogP contribution in [-0.2, 0) is 9.53 Å². The molecule has 20 heavy (non-hydrogen) atoms. The number of hydrogen-bond donors (Lipinski definition) is 0. The molecule has 3 aliphatic rings. The highest BCUT2D eigenvalue weighted by Crippen LogP contribution is 2.69. The Morgan fingerprint density at radius 3 is 2.35 bits per heavy atom. The molecule has 0 aromatic rings. The third-order valence-corrected chi connectivity index (χ3v) is 7.00. The van der Waals surface area contributed by atoms with E-state index < -0.39 is 0 Å². The lowest BCUT2D eigenvalue weighted by molar-refractivity contribution is -0.160.